The van der Waals surface area contributed by atoms with Crippen LogP contribution in [0.2, 0.25) is 5.02 Å². The Balaban J connectivity index is 1.80. The standard InChI is InChI=1S/C19H13BrClN3O3/c1-9-7-10(2)15(13(21)8-9)24-19(27)14(20)16(22-24)23-17(25)11-5-3-4-6-12(11)18(23)26/h3-8,14H,1-2H3. The van der Waals surface area contributed by atoms with Gasteiger partial charge >= 0.3 is 0 Å². The number of alkyl halides is 1. The molecule has 0 bridgehead atoms. The summed E-state index contributed by atoms with van der Waals surface area (Å²) in [4.78, 5) is 38.2. The van der Waals surface area contributed by atoms with E-state index in [1.54, 1.807) is 30.3 Å². The SMILES string of the molecule is Cc1cc(C)c(N2N=C(N3C(=O)c4ccccc4C3=O)C(Br)C2=O)c(Cl)c1. The Labute approximate surface area is 168 Å². The van der Waals surface area contributed by atoms with E-state index in [0.29, 0.717) is 21.8 Å². The van der Waals surface area contributed by atoms with Gasteiger partial charge in [-0.25, -0.2) is 4.90 Å². The van der Waals surface area contributed by atoms with Crippen molar-refractivity contribution in [3.8, 4) is 0 Å². The summed E-state index contributed by atoms with van der Waals surface area (Å²) in [5.41, 5.74) is 2.73. The molecule has 0 N–H and O–H groups in total. The zero-order chi connectivity index (χ0) is 19.5. The number of amidine groups is 1. The minimum atomic E-state index is -0.934. The van der Waals surface area contributed by atoms with Crippen molar-refractivity contribution in [2.24, 2.45) is 5.10 Å². The molecule has 2 aromatic carbocycles. The number of halogens is 2. The third-order valence-electron chi connectivity index (χ3n) is 4.49. The van der Waals surface area contributed by atoms with Crippen LogP contribution in [0, 0.1) is 13.8 Å². The molecule has 2 aromatic rings. The largest absolute Gasteiger partial charge is 0.271 e. The van der Waals surface area contributed by atoms with Gasteiger partial charge in [0.1, 0.15) is 0 Å². The van der Waals surface area contributed by atoms with E-state index in [-0.39, 0.29) is 5.84 Å². The van der Waals surface area contributed by atoms with Gasteiger partial charge in [0.05, 0.1) is 21.8 Å². The topological polar surface area (TPSA) is 70.0 Å². The van der Waals surface area contributed by atoms with Gasteiger partial charge in [-0.1, -0.05) is 45.7 Å². The lowest BCUT2D eigenvalue weighted by Crippen LogP contribution is -2.41. The van der Waals surface area contributed by atoms with E-state index in [1.165, 1.54) is 0 Å². The van der Waals surface area contributed by atoms with Crippen LogP contribution in [0.15, 0.2) is 41.5 Å². The van der Waals surface area contributed by atoms with Crippen molar-refractivity contribution < 1.29 is 14.4 Å². The van der Waals surface area contributed by atoms with Crippen molar-refractivity contribution in [3.05, 3.63) is 63.7 Å². The van der Waals surface area contributed by atoms with Crippen LogP contribution in [-0.2, 0) is 4.79 Å². The maximum absolute atomic E-state index is 12.8. The molecule has 2 heterocycles. The summed E-state index contributed by atoms with van der Waals surface area (Å²) < 4.78 is 0. The van der Waals surface area contributed by atoms with Crippen LogP contribution in [0.5, 0.6) is 0 Å². The maximum atomic E-state index is 12.8. The Bertz CT molecular complexity index is 1010. The lowest BCUT2D eigenvalue weighted by molar-refractivity contribution is -0.116. The first-order chi connectivity index (χ1) is 12.8. The lowest BCUT2D eigenvalue weighted by Gasteiger charge is -2.17. The molecule has 0 saturated heterocycles. The summed E-state index contributed by atoms with van der Waals surface area (Å²) in [5, 5.41) is 5.81. The Kier molecular flexibility index (Phi) is 4.16. The molecule has 2 aliphatic rings. The van der Waals surface area contributed by atoms with Gasteiger partial charge in [-0.2, -0.15) is 5.01 Å². The average molecular weight is 447 g/mol. The summed E-state index contributed by atoms with van der Waals surface area (Å²) in [5.74, 6) is -1.39. The number of aryl methyl sites for hydroxylation is 2. The van der Waals surface area contributed by atoms with E-state index in [1.807, 2.05) is 19.9 Å². The number of hydrazone groups is 1. The van der Waals surface area contributed by atoms with Crippen LogP contribution in [0.4, 0.5) is 5.69 Å². The van der Waals surface area contributed by atoms with Crippen LogP contribution in [-0.4, -0.2) is 33.3 Å². The number of carbonyl (C=O) groups excluding carboxylic acids is 3. The number of rotatable bonds is 1. The molecule has 4 rings (SSSR count). The van der Waals surface area contributed by atoms with Gasteiger partial charge in [-0.15, -0.1) is 5.10 Å². The number of hydrogen-bond donors (Lipinski definition) is 0. The third kappa shape index (κ3) is 2.61. The second kappa shape index (κ2) is 6.28. The molecule has 3 amide bonds. The molecule has 0 radical (unpaired) electrons. The zero-order valence-electron chi connectivity index (χ0n) is 14.4. The second-order valence-electron chi connectivity index (χ2n) is 6.37. The fourth-order valence-corrected chi connectivity index (χ4v) is 4.20. The predicted molar refractivity (Wildman–Crippen MR) is 106 cm³/mol. The van der Waals surface area contributed by atoms with Gasteiger partial charge in [0, 0.05) is 0 Å². The number of benzene rings is 2. The number of fused-ring (bicyclic) bond motifs is 1. The highest BCUT2D eigenvalue weighted by molar-refractivity contribution is 9.10. The highest BCUT2D eigenvalue weighted by atomic mass is 79.9. The van der Waals surface area contributed by atoms with Crippen LogP contribution < -0.4 is 5.01 Å². The van der Waals surface area contributed by atoms with Gasteiger partial charge < -0.3 is 0 Å². The summed E-state index contributed by atoms with van der Waals surface area (Å²) in [6.45, 7) is 3.72. The van der Waals surface area contributed by atoms with Gasteiger partial charge in [0.15, 0.2) is 10.7 Å². The Hall–Kier alpha value is -2.51. The third-order valence-corrected chi connectivity index (χ3v) is 5.58. The summed E-state index contributed by atoms with van der Waals surface area (Å²) in [7, 11) is 0. The molecule has 136 valence electrons. The normalized spacial score (nSPS) is 19.0. The van der Waals surface area contributed by atoms with Crippen molar-refractivity contribution in [2.45, 2.75) is 18.7 Å². The van der Waals surface area contributed by atoms with Crippen molar-refractivity contribution in [1.29, 1.82) is 0 Å². The molecule has 0 fully saturated rings. The monoisotopic (exact) mass is 445 g/mol. The molecular formula is C19H13BrClN3O3. The fraction of sp³-hybridized carbons (Fsp3) is 0.158. The van der Waals surface area contributed by atoms with E-state index < -0.39 is 22.5 Å². The van der Waals surface area contributed by atoms with Crippen LogP contribution in [0.25, 0.3) is 0 Å². The second-order valence-corrected chi connectivity index (χ2v) is 7.70. The maximum Gasteiger partial charge on any atom is 0.269 e. The number of imide groups is 1. The quantitative estimate of drug-likeness (QED) is 0.496. The molecule has 2 aliphatic heterocycles. The zero-order valence-corrected chi connectivity index (χ0v) is 16.7. The highest BCUT2D eigenvalue weighted by Gasteiger charge is 2.47. The molecule has 0 spiro atoms. The molecule has 1 unspecified atom stereocenters. The first-order valence-electron chi connectivity index (χ1n) is 8.12. The van der Waals surface area contributed by atoms with Crippen LogP contribution in [0.1, 0.15) is 31.8 Å². The Morgan fingerprint density at radius 2 is 1.63 bits per heavy atom. The molecule has 1 atom stereocenters. The van der Waals surface area contributed by atoms with Crippen molar-refractivity contribution in [3.63, 3.8) is 0 Å². The van der Waals surface area contributed by atoms with E-state index >= 15 is 0 Å². The summed E-state index contributed by atoms with van der Waals surface area (Å²) in [6.07, 6.45) is 0. The molecular weight excluding hydrogens is 434 g/mol. The first kappa shape index (κ1) is 17.9. The van der Waals surface area contributed by atoms with Gasteiger partial charge in [0.25, 0.3) is 17.7 Å². The number of carbonyl (C=O) groups is 3. The van der Waals surface area contributed by atoms with E-state index in [9.17, 15) is 14.4 Å². The van der Waals surface area contributed by atoms with Gasteiger partial charge in [-0.05, 0) is 43.2 Å². The van der Waals surface area contributed by atoms with E-state index in [4.69, 9.17) is 11.6 Å². The lowest BCUT2D eigenvalue weighted by atomic mass is 10.1. The summed E-state index contributed by atoms with van der Waals surface area (Å²) >= 11 is 9.61. The van der Waals surface area contributed by atoms with Crippen molar-refractivity contribution in [1.82, 2.24) is 4.90 Å². The van der Waals surface area contributed by atoms with E-state index in [2.05, 4.69) is 21.0 Å². The highest BCUT2D eigenvalue weighted by Crippen LogP contribution is 2.36. The van der Waals surface area contributed by atoms with Gasteiger partial charge in [0.2, 0.25) is 0 Å². The number of anilines is 1. The number of amides is 3. The molecule has 0 saturated carbocycles. The number of nitrogens with zero attached hydrogens (tertiary/aromatic N) is 3. The van der Waals surface area contributed by atoms with Crippen molar-refractivity contribution in [2.75, 3.05) is 5.01 Å². The van der Waals surface area contributed by atoms with Crippen molar-refractivity contribution >= 4 is 56.8 Å². The Morgan fingerprint density at radius 3 is 2.19 bits per heavy atom. The Morgan fingerprint density at radius 1 is 1.04 bits per heavy atom. The minimum Gasteiger partial charge on any atom is -0.271 e. The first-order valence-corrected chi connectivity index (χ1v) is 9.41. The average Bonchev–Trinajstić information content (AvgIpc) is 3.03. The predicted octanol–water partition coefficient (Wildman–Crippen LogP) is 3.68. The molecule has 27 heavy (non-hydrogen) atoms. The van der Waals surface area contributed by atoms with Crippen LogP contribution in [0.3, 0.4) is 0 Å². The summed E-state index contributed by atoms with van der Waals surface area (Å²) in [6, 6.07) is 10.1. The fourth-order valence-electron chi connectivity index (χ4n) is 3.31. The number of hydrogen-bond acceptors (Lipinski definition) is 4. The minimum absolute atomic E-state index is 0.0299. The van der Waals surface area contributed by atoms with Gasteiger partial charge in [-0.3, -0.25) is 14.4 Å². The van der Waals surface area contributed by atoms with Crippen LogP contribution >= 0.6 is 27.5 Å². The molecule has 0 aromatic heterocycles. The van der Waals surface area contributed by atoms with E-state index in [0.717, 1.165) is 21.0 Å². The molecule has 6 nitrogen and oxygen atoms in total. The smallest absolute Gasteiger partial charge is 0.269 e. The molecule has 8 heteroatoms. The molecule has 0 aliphatic carbocycles.